The van der Waals surface area contributed by atoms with E-state index < -0.39 is 23.6 Å². The van der Waals surface area contributed by atoms with Crippen LogP contribution < -0.4 is 15.6 Å². The molecule has 0 saturated heterocycles. The number of aromatic nitrogens is 3. The third-order valence-corrected chi connectivity index (χ3v) is 4.56. The van der Waals surface area contributed by atoms with Crippen LogP contribution in [0.4, 0.5) is 13.2 Å². The van der Waals surface area contributed by atoms with Crippen LogP contribution in [-0.2, 0) is 11.0 Å². The minimum Gasteiger partial charge on any atom is -0.483 e. The number of hydrogen-bond donors (Lipinski definition) is 2. The Morgan fingerprint density at radius 3 is 2.47 bits per heavy atom. The van der Waals surface area contributed by atoms with E-state index in [-0.39, 0.29) is 18.0 Å². The van der Waals surface area contributed by atoms with E-state index in [1.165, 1.54) is 10.9 Å². The number of ether oxygens (including phenoxy) is 1. The van der Waals surface area contributed by atoms with E-state index in [2.05, 4.69) is 20.9 Å². The number of carbonyl (C=O) groups is 2. The van der Waals surface area contributed by atoms with Gasteiger partial charge in [-0.1, -0.05) is 12.1 Å². The van der Waals surface area contributed by atoms with Gasteiger partial charge in [0.25, 0.3) is 11.8 Å². The number of rotatable bonds is 5. The van der Waals surface area contributed by atoms with E-state index in [9.17, 15) is 22.8 Å². The summed E-state index contributed by atoms with van der Waals surface area (Å²) in [6.45, 7) is 4.99. The molecular weight excluding hydrogens is 427 g/mol. The molecule has 0 atom stereocenters. The fraction of sp³-hybridized carbons (Fsp3) is 0.238. The molecule has 0 fully saturated rings. The summed E-state index contributed by atoms with van der Waals surface area (Å²) in [5.41, 5.74) is 5.90. The SMILES string of the molecule is Cc1ccc(C)c(OCC(=O)NNC(=O)c2cnn(-c3ccc(C(F)(F)F)cn3)c2C)c1. The van der Waals surface area contributed by atoms with Crippen molar-refractivity contribution in [2.24, 2.45) is 0 Å². The molecule has 8 nitrogen and oxygen atoms in total. The lowest BCUT2D eigenvalue weighted by Gasteiger charge is -2.11. The van der Waals surface area contributed by atoms with Gasteiger partial charge in [-0.05, 0) is 50.1 Å². The van der Waals surface area contributed by atoms with Gasteiger partial charge in [0.2, 0.25) is 0 Å². The number of aryl methyl sites for hydroxylation is 2. The average molecular weight is 447 g/mol. The van der Waals surface area contributed by atoms with Gasteiger partial charge in [0.15, 0.2) is 12.4 Å². The monoisotopic (exact) mass is 447 g/mol. The molecule has 0 unspecified atom stereocenters. The van der Waals surface area contributed by atoms with Crippen LogP contribution in [-0.4, -0.2) is 33.2 Å². The van der Waals surface area contributed by atoms with Crippen molar-refractivity contribution >= 4 is 11.8 Å². The summed E-state index contributed by atoms with van der Waals surface area (Å²) in [5.74, 6) is -0.553. The minimum atomic E-state index is -4.50. The van der Waals surface area contributed by atoms with E-state index in [4.69, 9.17) is 4.74 Å². The lowest BCUT2D eigenvalue weighted by atomic mass is 10.1. The van der Waals surface area contributed by atoms with Crippen molar-refractivity contribution in [3.05, 3.63) is 70.7 Å². The Morgan fingerprint density at radius 1 is 1.06 bits per heavy atom. The summed E-state index contributed by atoms with van der Waals surface area (Å²) in [4.78, 5) is 28.1. The Kier molecular flexibility index (Phi) is 6.47. The van der Waals surface area contributed by atoms with Gasteiger partial charge in [-0.3, -0.25) is 20.4 Å². The highest BCUT2D eigenvalue weighted by Crippen LogP contribution is 2.28. The van der Waals surface area contributed by atoms with Crippen LogP contribution in [0, 0.1) is 20.8 Å². The molecule has 0 spiro atoms. The Hall–Kier alpha value is -3.89. The molecule has 0 bridgehead atoms. The first-order valence-electron chi connectivity index (χ1n) is 9.43. The van der Waals surface area contributed by atoms with E-state index in [0.29, 0.717) is 17.6 Å². The third-order valence-electron chi connectivity index (χ3n) is 4.56. The third kappa shape index (κ3) is 5.23. The van der Waals surface area contributed by atoms with Gasteiger partial charge in [-0.25, -0.2) is 9.67 Å². The molecular formula is C21H20F3N5O3. The van der Waals surface area contributed by atoms with E-state index in [0.717, 1.165) is 23.3 Å². The van der Waals surface area contributed by atoms with Crippen molar-refractivity contribution in [1.29, 1.82) is 0 Å². The van der Waals surface area contributed by atoms with Crippen LogP contribution >= 0.6 is 0 Å². The van der Waals surface area contributed by atoms with Gasteiger partial charge in [0.05, 0.1) is 23.0 Å². The molecule has 0 aliphatic carbocycles. The lowest BCUT2D eigenvalue weighted by Crippen LogP contribution is -2.44. The number of alkyl halides is 3. The molecule has 0 saturated carbocycles. The maximum Gasteiger partial charge on any atom is 0.417 e. The first kappa shape index (κ1) is 22.8. The predicted octanol–water partition coefficient (Wildman–Crippen LogP) is 3.05. The second-order valence-electron chi connectivity index (χ2n) is 7.02. The van der Waals surface area contributed by atoms with Crippen LogP contribution in [0.1, 0.15) is 32.7 Å². The molecule has 168 valence electrons. The van der Waals surface area contributed by atoms with Gasteiger partial charge in [0.1, 0.15) is 5.75 Å². The van der Waals surface area contributed by atoms with Gasteiger partial charge >= 0.3 is 6.18 Å². The van der Waals surface area contributed by atoms with Crippen molar-refractivity contribution in [3.8, 4) is 11.6 Å². The number of benzene rings is 1. The quantitative estimate of drug-likeness (QED) is 0.586. The molecule has 0 aliphatic rings. The normalized spacial score (nSPS) is 11.2. The number of hydrogen-bond acceptors (Lipinski definition) is 5. The fourth-order valence-electron chi connectivity index (χ4n) is 2.78. The van der Waals surface area contributed by atoms with Crippen molar-refractivity contribution < 1.29 is 27.5 Å². The molecule has 11 heteroatoms. The first-order valence-corrected chi connectivity index (χ1v) is 9.43. The summed E-state index contributed by atoms with van der Waals surface area (Å²) in [7, 11) is 0. The number of amides is 2. The van der Waals surface area contributed by atoms with E-state index in [1.54, 1.807) is 13.0 Å². The molecule has 3 rings (SSSR count). The first-order chi connectivity index (χ1) is 15.1. The molecule has 1 aromatic carbocycles. The predicted molar refractivity (Wildman–Crippen MR) is 108 cm³/mol. The molecule has 32 heavy (non-hydrogen) atoms. The summed E-state index contributed by atoms with van der Waals surface area (Å²) < 4.78 is 44.8. The number of carbonyl (C=O) groups excluding carboxylic acids is 2. The smallest absolute Gasteiger partial charge is 0.417 e. The second kappa shape index (κ2) is 9.08. The topological polar surface area (TPSA) is 98.1 Å². The van der Waals surface area contributed by atoms with Crippen molar-refractivity contribution in [1.82, 2.24) is 25.6 Å². The van der Waals surface area contributed by atoms with Crippen LogP contribution in [0.3, 0.4) is 0 Å². The van der Waals surface area contributed by atoms with Crippen LogP contribution in [0.5, 0.6) is 5.75 Å². The van der Waals surface area contributed by atoms with Crippen LogP contribution in [0.15, 0.2) is 42.7 Å². The number of halogens is 3. The number of pyridine rings is 1. The molecule has 2 heterocycles. The van der Waals surface area contributed by atoms with Crippen molar-refractivity contribution in [2.75, 3.05) is 6.61 Å². The molecule has 3 aromatic rings. The summed E-state index contributed by atoms with van der Waals surface area (Å²) in [6, 6.07) is 7.62. The molecule has 2 amide bonds. The maximum absolute atomic E-state index is 12.7. The molecule has 2 aromatic heterocycles. The highest BCUT2D eigenvalue weighted by molar-refractivity contribution is 5.96. The Bertz CT molecular complexity index is 1140. The number of hydrazine groups is 1. The average Bonchev–Trinajstić information content (AvgIpc) is 3.13. The zero-order valence-electron chi connectivity index (χ0n) is 17.4. The molecule has 0 aliphatic heterocycles. The maximum atomic E-state index is 12.7. The summed E-state index contributed by atoms with van der Waals surface area (Å²) in [6.07, 6.45) is -2.59. The highest BCUT2D eigenvalue weighted by Gasteiger charge is 2.30. The largest absolute Gasteiger partial charge is 0.483 e. The van der Waals surface area contributed by atoms with Crippen molar-refractivity contribution in [2.45, 2.75) is 26.9 Å². The standard InChI is InChI=1S/C21H20F3N5O3/c1-12-4-5-13(2)17(8-12)32-11-19(30)27-28-20(31)16-10-26-29(14(16)3)18-7-6-15(9-25-18)21(22,23)24/h4-10H,11H2,1-3H3,(H,27,30)(H,28,31). The zero-order chi connectivity index (χ0) is 23.5. The van der Waals surface area contributed by atoms with Gasteiger partial charge in [-0.2, -0.15) is 18.3 Å². The van der Waals surface area contributed by atoms with Gasteiger partial charge in [-0.15, -0.1) is 0 Å². The minimum absolute atomic E-state index is 0.112. The van der Waals surface area contributed by atoms with Gasteiger partial charge < -0.3 is 4.74 Å². The van der Waals surface area contributed by atoms with Crippen LogP contribution in [0.2, 0.25) is 0 Å². The summed E-state index contributed by atoms with van der Waals surface area (Å²) in [5, 5.41) is 3.99. The molecule has 0 radical (unpaired) electrons. The fourth-order valence-corrected chi connectivity index (χ4v) is 2.78. The Morgan fingerprint density at radius 2 is 1.81 bits per heavy atom. The van der Waals surface area contributed by atoms with Gasteiger partial charge in [0, 0.05) is 6.20 Å². The second-order valence-corrected chi connectivity index (χ2v) is 7.02. The Labute approximate surface area is 181 Å². The van der Waals surface area contributed by atoms with Crippen molar-refractivity contribution in [3.63, 3.8) is 0 Å². The summed E-state index contributed by atoms with van der Waals surface area (Å²) >= 11 is 0. The number of nitrogens with zero attached hydrogens (tertiary/aromatic N) is 3. The lowest BCUT2D eigenvalue weighted by molar-refractivity contribution is -0.137. The molecule has 2 N–H and O–H groups in total. The Balaban J connectivity index is 1.59. The number of nitrogens with one attached hydrogen (secondary N) is 2. The highest BCUT2D eigenvalue weighted by atomic mass is 19.4. The zero-order valence-corrected chi connectivity index (χ0v) is 17.4. The van der Waals surface area contributed by atoms with E-state index in [1.807, 2.05) is 26.0 Å². The van der Waals surface area contributed by atoms with E-state index >= 15 is 0 Å². The van der Waals surface area contributed by atoms with Crippen LogP contribution in [0.25, 0.3) is 5.82 Å².